The summed E-state index contributed by atoms with van der Waals surface area (Å²) in [7, 11) is -3.17. The topological polar surface area (TPSA) is 120 Å². The highest BCUT2D eigenvalue weighted by molar-refractivity contribution is 7.91. The first-order valence-electron chi connectivity index (χ1n) is 10.8. The number of carbonyl (C=O) groups excluding carboxylic acids is 3. The van der Waals surface area contributed by atoms with Crippen LogP contribution >= 0.6 is 0 Å². The number of sulfone groups is 1. The zero-order valence-corrected chi connectivity index (χ0v) is 19.0. The van der Waals surface area contributed by atoms with Crippen molar-refractivity contribution in [1.82, 2.24) is 20.1 Å². The number of urea groups is 1. The van der Waals surface area contributed by atoms with Crippen molar-refractivity contribution in [2.45, 2.75) is 38.8 Å². The molecule has 2 saturated heterocycles. The molecule has 0 unspecified atom stereocenters. The summed E-state index contributed by atoms with van der Waals surface area (Å²) >= 11 is 0. The molecule has 2 N–H and O–H groups in total. The van der Waals surface area contributed by atoms with Gasteiger partial charge in [0.05, 0.1) is 11.5 Å². The van der Waals surface area contributed by atoms with Crippen LogP contribution in [-0.4, -0.2) is 77.7 Å². The number of fused-ring (bicyclic) bond motifs is 1. The van der Waals surface area contributed by atoms with Gasteiger partial charge in [-0.25, -0.2) is 13.2 Å². The number of nitrogens with one attached hydrogen (secondary N) is 2. The first-order valence-corrected chi connectivity index (χ1v) is 12.6. The molecule has 9 nitrogen and oxygen atoms in total. The second-order valence-electron chi connectivity index (χ2n) is 8.99. The first-order chi connectivity index (χ1) is 15.1. The van der Waals surface area contributed by atoms with Crippen LogP contribution in [0.25, 0.3) is 10.9 Å². The van der Waals surface area contributed by atoms with Gasteiger partial charge in [0.1, 0.15) is 12.6 Å². The van der Waals surface area contributed by atoms with E-state index in [2.05, 4.69) is 10.3 Å². The Kier molecular flexibility index (Phi) is 5.98. The van der Waals surface area contributed by atoms with Gasteiger partial charge in [-0.05, 0) is 24.0 Å². The minimum Gasteiger partial charge on any atom is -0.361 e. The number of para-hydroxylation sites is 1. The summed E-state index contributed by atoms with van der Waals surface area (Å²) in [5, 5.41) is 3.66. The zero-order valence-electron chi connectivity index (χ0n) is 18.2. The Morgan fingerprint density at radius 1 is 1.25 bits per heavy atom. The number of rotatable bonds is 7. The minimum absolute atomic E-state index is 0.0510. The average Bonchev–Trinajstić information content (AvgIpc) is 3.38. The molecule has 10 heteroatoms. The third-order valence-corrected chi connectivity index (χ3v) is 7.78. The SMILES string of the molecule is CC(C)CN(C(=O)CN1C(=O)N[C@@H](Cc2c[nH]c3ccccc23)C1=O)[C@H]1CCS(=O)(=O)C1. The third kappa shape index (κ3) is 4.50. The number of benzene rings is 1. The fourth-order valence-corrected chi connectivity index (χ4v) is 6.21. The van der Waals surface area contributed by atoms with Crippen LogP contribution in [-0.2, 0) is 25.8 Å². The van der Waals surface area contributed by atoms with Gasteiger partial charge in [-0.2, -0.15) is 0 Å². The van der Waals surface area contributed by atoms with E-state index in [9.17, 15) is 22.8 Å². The zero-order chi connectivity index (χ0) is 23.0. The molecule has 4 amide bonds. The van der Waals surface area contributed by atoms with Gasteiger partial charge < -0.3 is 15.2 Å². The maximum atomic E-state index is 13.1. The maximum Gasteiger partial charge on any atom is 0.325 e. The number of hydrogen-bond donors (Lipinski definition) is 2. The van der Waals surface area contributed by atoms with Gasteiger partial charge in [-0.1, -0.05) is 32.0 Å². The van der Waals surface area contributed by atoms with E-state index in [0.717, 1.165) is 21.4 Å². The fraction of sp³-hybridized carbons (Fsp3) is 0.500. The van der Waals surface area contributed by atoms with Crippen molar-refractivity contribution in [3.05, 3.63) is 36.0 Å². The van der Waals surface area contributed by atoms with Crippen LogP contribution in [0.1, 0.15) is 25.8 Å². The molecule has 4 rings (SSSR count). The molecule has 0 spiro atoms. The number of nitrogens with zero attached hydrogens (tertiary/aromatic N) is 2. The highest BCUT2D eigenvalue weighted by Crippen LogP contribution is 2.23. The lowest BCUT2D eigenvalue weighted by Crippen LogP contribution is -2.49. The number of carbonyl (C=O) groups is 3. The summed E-state index contributed by atoms with van der Waals surface area (Å²) in [6, 6.07) is 5.94. The van der Waals surface area contributed by atoms with Crippen molar-refractivity contribution in [2.75, 3.05) is 24.6 Å². The Morgan fingerprint density at radius 3 is 2.69 bits per heavy atom. The van der Waals surface area contributed by atoms with Crippen molar-refractivity contribution in [2.24, 2.45) is 5.92 Å². The summed E-state index contributed by atoms with van der Waals surface area (Å²) in [5.74, 6) is -0.751. The van der Waals surface area contributed by atoms with E-state index < -0.39 is 46.3 Å². The molecule has 2 aliphatic rings. The quantitative estimate of drug-likeness (QED) is 0.604. The molecule has 3 heterocycles. The Morgan fingerprint density at radius 2 is 2.00 bits per heavy atom. The van der Waals surface area contributed by atoms with Gasteiger partial charge in [0, 0.05) is 36.1 Å². The Labute approximate surface area is 187 Å². The van der Waals surface area contributed by atoms with Crippen molar-refractivity contribution >= 4 is 38.6 Å². The van der Waals surface area contributed by atoms with Crippen LogP contribution in [0, 0.1) is 5.92 Å². The minimum atomic E-state index is -3.17. The molecule has 2 atom stereocenters. The van der Waals surface area contributed by atoms with E-state index in [0.29, 0.717) is 19.4 Å². The molecule has 1 aromatic carbocycles. The normalized spacial score (nSPS) is 22.7. The predicted octanol–water partition coefficient (Wildman–Crippen LogP) is 1.30. The number of hydrogen-bond acceptors (Lipinski definition) is 5. The van der Waals surface area contributed by atoms with Crippen molar-refractivity contribution < 1.29 is 22.8 Å². The van der Waals surface area contributed by atoms with E-state index in [-0.39, 0.29) is 17.4 Å². The second kappa shape index (κ2) is 8.57. The lowest BCUT2D eigenvalue weighted by atomic mass is 10.1. The van der Waals surface area contributed by atoms with E-state index >= 15 is 0 Å². The number of aromatic amines is 1. The van der Waals surface area contributed by atoms with Crippen LogP contribution in [0.3, 0.4) is 0 Å². The van der Waals surface area contributed by atoms with Gasteiger partial charge >= 0.3 is 6.03 Å². The van der Waals surface area contributed by atoms with Gasteiger partial charge in [-0.3, -0.25) is 14.5 Å². The highest BCUT2D eigenvalue weighted by atomic mass is 32.2. The van der Waals surface area contributed by atoms with Crippen LogP contribution in [0.5, 0.6) is 0 Å². The molecule has 32 heavy (non-hydrogen) atoms. The largest absolute Gasteiger partial charge is 0.361 e. The van der Waals surface area contributed by atoms with E-state index in [1.165, 1.54) is 4.90 Å². The number of aromatic nitrogens is 1. The molecular weight excluding hydrogens is 432 g/mol. The van der Waals surface area contributed by atoms with Gasteiger partial charge in [0.25, 0.3) is 5.91 Å². The Hall–Kier alpha value is -2.88. The van der Waals surface area contributed by atoms with E-state index in [1.54, 1.807) is 0 Å². The summed E-state index contributed by atoms with van der Waals surface area (Å²) in [5.41, 5.74) is 1.85. The first kappa shape index (κ1) is 22.3. The number of imide groups is 1. The van der Waals surface area contributed by atoms with Crippen LogP contribution in [0.15, 0.2) is 30.5 Å². The smallest absolute Gasteiger partial charge is 0.325 e. The summed E-state index contributed by atoms with van der Waals surface area (Å²) in [6.45, 7) is 3.86. The lowest BCUT2D eigenvalue weighted by molar-refractivity contribution is -0.139. The molecule has 2 aromatic rings. The molecule has 0 aliphatic carbocycles. The molecule has 2 fully saturated rings. The Balaban J connectivity index is 1.46. The second-order valence-corrected chi connectivity index (χ2v) is 11.2. The third-order valence-electron chi connectivity index (χ3n) is 6.03. The number of amides is 4. The maximum absolute atomic E-state index is 13.1. The van der Waals surface area contributed by atoms with Gasteiger partial charge in [0.2, 0.25) is 5.91 Å². The van der Waals surface area contributed by atoms with Crippen molar-refractivity contribution in [3.63, 3.8) is 0 Å². The van der Waals surface area contributed by atoms with E-state index in [1.807, 2.05) is 44.3 Å². The molecular formula is C22H28N4O5S. The summed E-state index contributed by atoms with van der Waals surface area (Å²) in [6.07, 6.45) is 2.52. The van der Waals surface area contributed by atoms with E-state index in [4.69, 9.17) is 0 Å². The Bertz CT molecular complexity index is 1160. The van der Waals surface area contributed by atoms with Gasteiger partial charge in [0.15, 0.2) is 9.84 Å². The number of H-pyrrole nitrogens is 1. The molecule has 0 radical (unpaired) electrons. The molecule has 0 bridgehead atoms. The average molecular weight is 461 g/mol. The van der Waals surface area contributed by atoms with Crippen molar-refractivity contribution in [1.29, 1.82) is 0 Å². The fourth-order valence-electron chi connectivity index (χ4n) is 4.48. The molecule has 1 aromatic heterocycles. The summed E-state index contributed by atoms with van der Waals surface area (Å²) < 4.78 is 23.8. The molecule has 2 aliphatic heterocycles. The standard InChI is InChI=1S/C22H28N4O5S/c1-14(2)11-25(16-7-8-32(30,31)13-16)20(27)12-26-21(28)19(24-22(26)29)9-15-10-23-18-6-4-3-5-17(15)18/h3-6,10,14,16,19,23H,7-9,11-13H2,1-2H3,(H,24,29)/t16-,19-/m0/s1. The predicted molar refractivity (Wildman–Crippen MR) is 120 cm³/mol. The lowest BCUT2D eigenvalue weighted by Gasteiger charge is -2.31. The molecule has 172 valence electrons. The van der Waals surface area contributed by atoms with Gasteiger partial charge in [-0.15, -0.1) is 0 Å². The van der Waals surface area contributed by atoms with Crippen LogP contribution < -0.4 is 5.32 Å². The van der Waals surface area contributed by atoms with Crippen LogP contribution in [0.2, 0.25) is 0 Å². The monoisotopic (exact) mass is 460 g/mol. The highest BCUT2D eigenvalue weighted by Gasteiger charge is 2.41. The van der Waals surface area contributed by atoms with Crippen molar-refractivity contribution in [3.8, 4) is 0 Å². The molecule has 0 saturated carbocycles. The van der Waals surface area contributed by atoms with Crippen LogP contribution in [0.4, 0.5) is 4.79 Å². The summed E-state index contributed by atoms with van der Waals surface area (Å²) in [4.78, 5) is 44.2.